The number of nitrogens with zero attached hydrogens (tertiary/aromatic N) is 1. The van der Waals surface area contributed by atoms with Gasteiger partial charge in [-0.15, -0.1) is 0 Å². The van der Waals surface area contributed by atoms with Gasteiger partial charge in [0.05, 0.1) is 11.8 Å². The van der Waals surface area contributed by atoms with Crippen LogP contribution in [0.1, 0.15) is 21.5 Å². The van der Waals surface area contributed by atoms with Crippen LogP contribution in [-0.2, 0) is 9.53 Å². The van der Waals surface area contributed by atoms with Crippen LogP contribution in [0.5, 0.6) is 0 Å². The Morgan fingerprint density at radius 1 is 1.08 bits per heavy atom. The van der Waals surface area contributed by atoms with E-state index >= 15 is 0 Å². The molecule has 1 aromatic heterocycles. The Labute approximate surface area is 150 Å². The van der Waals surface area contributed by atoms with Crippen LogP contribution in [0.3, 0.4) is 0 Å². The zero-order chi connectivity index (χ0) is 18.5. The summed E-state index contributed by atoms with van der Waals surface area (Å²) >= 11 is 0. The molecule has 26 heavy (non-hydrogen) atoms. The standard InChI is InChI=1S/C20H18N2O4/c1-13-4-3-5-14(2)19(13)22-18(23)11-25-20(24)16-8-6-15(7-9-16)17-10-21-12-26-17/h3-10,12H,11H2,1-2H3,(H,22,23). The third kappa shape index (κ3) is 3.97. The van der Waals surface area contributed by atoms with Crippen molar-refractivity contribution in [2.75, 3.05) is 11.9 Å². The number of hydrogen-bond acceptors (Lipinski definition) is 5. The highest BCUT2D eigenvalue weighted by molar-refractivity contribution is 5.96. The van der Waals surface area contributed by atoms with Gasteiger partial charge in [0.25, 0.3) is 5.91 Å². The Balaban J connectivity index is 1.57. The van der Waals surface area contributed by atoms with Crippen LogP contribution >= 0.6 is 0 Å². The third-order valence-electron chi connectivity index (χ3n) is 3.92. The molecule has 3 rings (SSSR count). The van der Waals surface area contributed by atoms with E-state index in [2.05, 4.69) is 10.3 Å². The van der Waals surface area contributed by atoms with Crippen LogP contribution in [0, 0.1) is 13.8 Å². The normalized spacial score (nSPS) is 10.4. The second-order valence-corrected chi connectivity index (χ2v) is 5.83. The summed E-state index contributed by atoms with van der Waals surface area (Å²) in [6.45, 7) is 3.46. The van der Waals surface area contributed by atoms with E-state index in [1.54, 1.807) is 30.5 Å². The molecule has 0 bridgehead atoms. The van der Waals surface area contributed by atoms with Crippen molar-refractivity contribution in [3.05, 3.63) is 71.7 Å². The summed E-state index contributed by atoms with van der Waals surface area (Å²) in [6, 6.07) is 12.4. The van der Waals surface area contributed by atoms with Crippen LogP contribution in [0.15, 0.2) is 59.5 Å². The smallest absolute Gasteiger partial charge is 0.338 e. The minimum Gasteiger partial charge on any atom is -0.452 e. The molecule has 0 saturated carbocycles. The topological polar surface area (TPSA) is 81.4 Å². The first-order valence-corrected chi connectivity index (χ1v) is 8.06. The van der Waals surface area contributed by atoms with Gasteiger partial charge in [-0.25, -0.2) is 9.78 Å². The molecule has 6 heteroatoms. The summed E-state index contributed by atoms with van der Waals surface area (Å²) in [7, 11) is 0. The number of esters is 1. The van der Waals surface area contributed by atoms with Crippen molar-refractivity contribution in [2.24, 2.45) is 0 Å². The highest BCUT2D eigenvalue weighted by Gasteiger charge is 2.12. The van der Waals surface area contributed by atoms with Crippen molar-refractivity contribution < 1.29 is 18.7 Å². The molecule has 0 aliphatic heterocycles. The summed E-state index contributed by atoms with van der Waals surface area (Å²) in [5, 5.41) is 2.78. The Hall–Kier alpha value is -3.41. The number of ether oxygens (including phenoxy) is 1. The first-order valence-electron chi connectivity index (χ1n) is 8.06. The van der Waals surface area contributed by atoms with Crippen LogP contribution in [0.25, 0.3) is 11.3 Å². The molecule has 0 saturated heterocycles. The monoisotopic (exact) mass is 350 g/mol. The number of carbonyl (C=O) groups excluding carboxylic acids is 2. The SMILES string of the molecule is Cc1cccc(C)c1NC(=O)COC(=O)c1ccc(-c2cnco2)cc1. The fourth-order valence-electron chi connectivity index (χ4n) is 2.53. The maximum atomic E-state index is 12.1. The summed E-state index contributed by atoms with van der Waals surface area (Å²) in [6.07, 6.45) is 2.93. The first kappa shape index (κ1) is 17.4. The van der Waals surface area contributed by atoms with Crippen LogP contribution in [-0.4, -0.2) is 23.5 Å². The van der Waals surface area contributed by atoms with Gasteiger partial charge in [-0.2, -0.15) is 0 Å². The number of rotatable bonds is 5. The van der Waals surface area contributed by atoms with Gasteiger partial charge in [-0.1, -0.05) is 30.3 Å². The molecule has 0 atom stereocenters. The Kier molecular flexibility index (Phi) is 5.12. The van der Waals surface area contributed by atoms with Gasteiger partial charge in [-0.3, -0.25) is 4.79 Å². The fourth-order valence-corrected chi connectivity index (χ4v) is 2.53. The molecule has 6 nitrogen and oxygen atoms in total. The number of anilines is 1. The Morgan fingerprint density at radius 2 is 1.77 bits per heavy atom. The number of aryl methyl sites for hydroxylation is 2. The molecule has 3 aromatic rings. The van der Waals surface area contributed by atoms with E-state index in [0.717, 1.165) is 22.4 Å². The van der Waals surface area contributed by atoms with Gasteiger partial charge < -0.3 is 14.5 Å². The van der Waals surface area contributed by atoms with Gasteiger partial charge in [0.1, 0.15) is 0 Å². The van der Waals surface area contributed by atoms with Gasteiger partial charge >= 0.3 is 5.97 Å². The van der Waals surface area contributed by atoms with E-state index in [9.17, 15) is 9.59 Å². The maximum absolute atomic E-state index is 12.1. The number of benzene rings is 2. The number of carbonyl (C=O) groups is 2. The number of nitrogens with one attached hydrogen (secondary N) is 1. The first-order chi connectivity index (χ1) is 12.5. The van der Waals surface area contributed by atoms with Crippen molar-refractivity contribution >= 4 is 17.6 Å². The fraction of sp³-hybridized carbons (Fsp3) is 0.150. The quantitative estimate of drug-likeness (QED) is 0.709. The minimum absolute atomic E-state index is 0.351. The lowest BCUT2D eigenvalue weighted by Crippen LogP contribution is -2.21. The van der Waals surface area contributed by atoms with Crippen molar-refractivity contribution in [1.29, 1.82) is 0 Å². The average molecular weight is 350 g/mol. The molecule has 0 aliphatic rings. The van der Waals surface area contributed by atoms with Crippen molar-refractivity contribution in [3.8, 4) is 11.3 Å². The van der Waals surface area contributed by atoms with Crippen molar-refractivity contribution in [1.82, 2.24) is 4.98 Å². The van der Waals surface area contributed by atoms with Crippen molar-refractivity contribution in [3.63, 3.8) is 0 Å². The zero-order valence-electron chi connectivity index (χ0n) is 14.5. The maximum Gasteiger partial charge on any atom is 0.338 e. The summed E-state index contributed by atoms with van der Waals surface area (Å²) < 4.78 is 10.3. The van der Waals surface area contributed by atoms with E-state index in [4.69, 9.17) is 9.15 Å². The van der Waals surface area contributed by atoms with Crippen LogP contribution in [0.4, 0.5) is 5.69 Å². The van der Waals surface area contributed by atoms with E-state index in [1.165, 1.54) is 6.39 Å². The summed E-state index contributed by atoms with van der Waals surface area (Å²) in [5.74, 6) is -0.335. The molecule has 0 spiro atoms. The Morgan fingerprint density at radius 3 is 2.38 bits per heavy atom. The Bertz CT molecular complexity index is 895. The molecule has 2 aromatic carbocycles. The molecule has 1 N–H and O–H groups in total. The number of amides is 1. The number of para-hydroxylation sites is 1. The molecule has 0 unspecified atom stereocenters. The molecule has 1 heterocycles. The van der Waals surface area contributed by atoms with Gasteiger partial charge in [0, 0.05) is 11.3 Å². The molecular formula is C20H18N2O4. The third-order valence-corrected chi connectivity index (χ3v) is 3.92. The minimum atomic E-state index is -0.564. The molecule has 132 valence electrons. The van der Waals surface area contributed by atoms with Gasteiger partial charge in [0.2, 0.25) is 0 Å². The molecule has 0 radical (unpaired) electrons. The largest absolute Gasteiger partial charge is 0.452 e. The predicted molar refractivity (Wildman–Crippen MR) is 96.8 cm³/mol. The summed E-state index contributed by atoms with van der Waals surface area (Å²) in [4.78, 5) is 28.0. The highest BCUT2D eigenvalue weighted by Crippen LogP contribution is 2.20. The molecule has 1 amide bonds. The van der Waals surface area contributed by atoms with Crippen LogP contribution in [0.2, 0.25) is 0 Å². The molecule has 0 fully saturated rings. The van der Waals surface area contributed by atoms with Crippen LogP contribution < -0.4 is 5.32 Å². The van der Waals surface area contributed by atoms with Gasteiger partial charge in [0.15, 0.2) is 18.8 Å². The second kappa shape index (κ2) is 7.65. The lowest BCUT2D eigenvalue weighted by atomic mass is 10.1. The van der Waals surface area contributed by atoms with Gasteiger partial charge in [-0.05, 0) is 37.1 Å². The predicted octanol–water partition coefficient (Wildman–Crippen LogP) is 3.75. The number of aromatic nitrogens is 1. The summed E-state index contributed by atoms with van der Waals surface area (Å²) in [5.41, 5.74) is 3.80. The highest BCUT2D eigenvalue weighted by atomic mass is 16.5. The molecule has 0 aliphatic carbocycles. The van der Waals surface area contributed by atoms with E-state index in [-0.39, 0.29) is 12.5 Å². The number of oxazole rings is 1. The lowest BCUT2D eigenvalue weighted by Gasteiger charge is -2.11. The van der Waals surface area contributed by atoms with E-state index in [1.807, 2.05) is 32.0 Å². The molecular weight excluding hydrogens is 332 g/mol. The van der Waals surface area contributed by atoms with E-state index < -0.39 is 5.97 Å². The number of hydrogen-bond donors (Lipinski definition) is 1. The zero-order valence-corrected chi connectivity index (χ0v) is 14.5. The second-order valence-electron chi connectivity index (χ2n) is 5.83. The van der Waals surface area contributed by atoms with E-state index in [0.29, 0.717) is 11.3 Å². The van der Waals surface area contributed by atoms with Crippen molar-refractivity contribution in [2.45, 2.75) is 13.8 Å². The lowest BCUT2D eigenvalue weighted by molar-refractivity contribution is -0.119. The average Bonchev–Trinajstić information content (AvgIpc) is 3.18.